The van der Waals surface area contributed by atoms with Crippen LogP contribution in [0.15, 0.2) is 29.2 Å². The molecule has 4 heteroatoms. The van der Waals surface area contributed by atoms with E-state index in [1.807, 2.05) is 24.3 Å². The summed E-state index contributed by atoms with van der Waals surface area (Å²) in [5.74, 6) is 0.475. The second-order valence-electron chi connectivity index (χ2n) is 5.67. The number of thioether (sulfide) groups is 1. The fraction of sp³-hybridized carbons (Fsp3) is 0.562. The zero-order valence-electron chi connectivity index (χ0n) is 12.3. The molecule has 0 aromatic heterocycles. The van der Waals surface area contributed by atoms with E-state index in [-0.39, 0.29) is 11.9 Å². The topological polar surface area (TPSA) is 55.1 Å². The maximum absolute atomic E-state index is 12.5. The Morgan fingerprint density at radius 2 is 2.15 bits per heavy atom. The largest absolute Gasteiger partial charge is 0.349 e. The first-order valence-corrected chi connectivity index (χ1v) is 8.26. The summed E-state index contributed by atoms with van der Waals surface area (Å²) in [5.41, 5.74) is 6.56. The minimum absolute atomic E-state index is 0.0408. The van der Waals surface area contributed by atoms with Crippen LogP contribution in [0.3, 0.4) is 0 Å². The van der Waals surface area contributed by atoms with Crippen LogP contribution >= 0.6 is 11.8 Å². The molecule has 2 rings (SSSR count). The maximum atomic E-state index is 12.5. The Morgan fingerprint density at radius 1 is 1.40 bits per heavy atom. The molecule has 1 aromatic carbocycles. The van der Waals surface area contributed by atoms with Crippen molar-refractivity contribution in [3.05, 3.63) is 29.8 Å². The van der Waals surface area contributed by atoms with Crippen LogP contribution in [0.25, 0.3) is 0 Å². The second-order valence-corrected chi connectivity index (χ2v) is 7.29. The maximum Gasteiger partial charge on any atom is 0.252 e. The number of amides is 1. The predicted octanol–water partition coefficient (Wildman–Crippen LogP) is 3.04. The van der Waals surface area contributed by atoms with E-state index in [9.17, 15) is 4.79 Å². The molecule has 1 saturated carbocycles. The van der Waals surface area contributed by atoms with Crippen molar-refractivity contribution in [1.29, 1.82) is 0 Å². The molecule has 0 spiro atoms. The number of nitrogens with two attached hydrogens (primary N) is 1. The molecule has 3 N–H and O–H groups in total. The number of hydrogen-bond donors (Lipinski definition) is 2. The highest BCUT2D eigenvalue weighted by Gasteiger charge is 2.28. The van der Waals surface area contributed by atoms with Crippen LogP contribution in [0.1, 0.15) is 43.5 Å². The van der Waals surface area contributed by atoms with Gasteiger partial charge in [-0.15, -0.1) is 11.8 Å². The SMILES string of the molecule is CC(C)Sc1ccccc1C(=O)NC1CCCC1CN. The van der Waals surface area contributed by atoms with E-state index in [0.717, 1.165) is 29.7 Å². The van der Waals surface area contributed by atoms with E-state index in [4.69, 9.17) is 5.73 Å². The van der Waals surface area contributed by atoms with Gasteiger partial charge in [-0.3, -0.25) is 4.79 Å². The van der Waals surface area contributed by atoms with Crippen LogP contribution in [-0.4, -0.2) is 23.7 Å². The number of nitrogens with one attached hydrogen (secondary N) is 1. The summed E-state index contributed by atoms with van der Waals surface area (Å²) in [6, 6.07) is 8.08. The molecule has 110 valence electrons. The molecule has 1 aliphatic carbocycles. The Labute approximate surface area is 125 Å². The van der Waals surface area contributed by atoms with E-state index in [2.05, 4.69) is 19.2 Å². The molecule has 0 saturated heterocycles. The molecule has 2 unspecified atom stereocenters. The Hall–Kier alpha value is -1.00. The highest BCUT2D eigenvalue weighted by Crippen LogP contribution is 2.28. The summed E-state index contributed by atoms with van der Waals surface area (Å²) in [6.45, 7) is 4.94. The average molecular weight is 292 g/mol. The fourth-order valence-electron chi connectivity index (χ4n) is 2.77. The van der Waals surface area contributed by atoms with Crippen molar-refractivity contribution in [2.24, 2.45) is 11.7 Å². The minimum Gasteiger partial charge on any atom is -0.349 e. The summed E-state index contributed by atoms with van der Waals surface area (Å²) in [5, 5.41) is 3.64. The Kier molecular flexibility index (Phi) is 5.49. The smallest absolute Gasteiger partial charge is 0.252 e. The van der Waals surface area contributed by atoms with Crippen LogP contribution in [0.5, 0.6) is 0 Å². The summed E-state index contributed by atoms with van der Waals surface area (Å²) < 4.78 is 0. The normalized spacial score (nSPS) is 22.2. The van der Waals surface area contributed by atoms with Gasteiger partial charge in [0.25, 0.3) is 5.91 Å². The molecule has 3 nitrogen and oxygen atoms in total. The van der Waals surface area contributed by atoms with Gasteiger partial charge in [-0.25, -0.2) is 0 Å². The molecule has 0 heterocycles. The summed E-state index contributed by atoms with van der Waals surface area (Å²) in [4.78, 5) is 13.6. The summed E-state index contributed by atoms with van der Waals surface area (Å²) in [7, 11) is 0. The molecular formula is C16H24N2OS. The molecular weight excluding hydrogens is 268 g/mol. The predicted molar refractivity (Wildman–Crippen MR) is 85.1 cm³/mol. The van der Waals surface area contributed by atoms with Crippen LogP contribution < -0.4 is 11.1 Å². The summed E-state index contributed by atoms with van der Waals surface area (Å²) in [6.07, 6.45) is 3.34. The van der Waals surface area contributed by atoms with Gasteiger partial charge in [-0.2, -0.15) is 0 Å². The van der Waals surface area contributed by atoms with Crippen molar-refractivity contribution in [2.75, 3.05) is 6.54 Å². The molecule has 1 aromatic rings. The third-order valence-electron chi connectivity index (χ3n) is 3.77. The molecule has 20 heavy (non-hydrogen) atoms. The van der Waals surface area contributed by atoms with Crippen molar-refractivity contribution < 1.29 is 4.79 Å². The van der Waals surface area contributed by atoms with E-state index in [1.165, 1.54) is 0 Å². The lowest BCUT2D eigenvalue weighted by atomic mass is 10.0. The lowest BCUT2D eigenvalue weighted by molar-refractivity contribution is 0.0926. The van der Waals surface area contributed by atoms with Gasteiger partial charge in [0.05, 0.1) is 5.56 Å². The van der Waals surface area contributed by atoms with E-state index < -0.39 is 0 Å². The Bertz CT molecular complexity index is 462. The zero-order valence-corrected chi connectivity index (χ0v) is 13.1. The molecule has 1 amide bonds. The van der Waals surface area contributed by atoms with Gasteiger partial charge in [0.15, 0.2) is 0 Å². The van der Waals surface area contributed by atoms with E-state index in [1.54, 1.807) is 11.8 Å². The van der Waals surface area contributed by atoms with Gasteiger partial charge in [-0.05, 0) is 37.4 Å². The van der Waals surface area contributed by atoms with Crippen LogP contribution in [0.2, 0.25) is 0 Å². The zero-order chi connectivity index (χ0) is 14.5. The van der Waals surface area contributed by atoms with Crippen molar-refractivity contribution in [3.63, 3.8) is 0 Å². The van der Waals surface area contributed by atoms with Gasteiger partial charge >= 0.3 is 0 Å². The van der Waals surface area contributed by atoms with Gasteiger partial charge in [0, 0.05) is 16.2 Å². The van der Waals surface area contributed by atoms with Gasteiger partial charge in [-0.1, -0.05) is 32.4 Å². The van der Waals surface area contributed by atoms with Crippen molar-refractivity contribution in [3.8, 4) is 0 Å². The fourth-order valence-corrected chi connectivity index (χ4v) is 3.72. The van der Waals surface area contributed by atoms with Crippen LogP contribution in [-0.2, 0) is 0 Å². The van der Waals surface area contributed by atoms with Gasteiger partial charge < -0.3 is 11.1 Å². The number of carbonyl (C=O) groups excluding carboxylic acids is 1. The lowest BCUT2D eigenvalue weighted by Crippen LogP contribution is -2.40. The standard InChI is InChI=1S/C16H24N2OS/c1-11(2)20-15-9-4-3-7-13(15)16(19)18-14-8-5-6-12(14)10-17/h3-4,7,9,11-12,14H,5-6,8,10,17H2,1-2H3,(H,18,19). The second kappa shape index (κ2) is 7.14. The van der Waals surface area contributed by atoms with Crippen molar-refractivity contribution >= 4 is 17.7 Å². The molecule has 0 bridgehead atoms. The van der Waals surface area contributed by atoms with E-state index in [0.29, 0.717) is 17.7 Å². The third kappa shape index (κ3) is 3.76. The highest BCUT2D eigenvalue weighted by atomic mass is 32.2. The van der Waals surface area contributed by atoms with Crippen LogP contribution in [0, 0.1) is 5.92 Å². The Balaban J connectivity index is 2.09. The first kappa shape index (κ1) is 15.4. The number of carbonyl (C=O) groups is 1. The van der Waals surface area contributed by atoms with Gasteiger partial charge in [0.1, 0.15) is 0 Å². The van der Waals surface area contributed by atoms with E-state index >= 15 is 0 Å². The molecule has 1 aliphatic rings. The number of rotatable bonds is 5. The van der Waals surface area contributed by atoms with Crippen LogP contribution in [0.4, 0.5) is 0 Å². The molecule has 1 fully saturated rings. The first-order valence-electron chi connectivity index (χ1n) is 7.38. The number of hydrogen-bond acceptors (Lipinski definition) is 3. The first-order chi connectivity index (χ1) is 9.61. The summed E-state index contributed by atoms with van der Waals surface area (Å²) >= 11 is 1.73. The molecule has 0 aliphatic heterocycles. The lowest BCUT2D eigenvalue weighted by Gasteiger charge is -2.20. The van der Waals surface area contributed by atoms with Crippen molar-refractivity contribution in [2.45, 2.75) is 49.3 Å². The average Bonchev–Trinajstić information content (AvgIpc) is 2.85. The number of benzene rings is 1. The highest BCUT2D eigenvalue weighted by molar-refractivity contribution is 8.00. The van der Waals surface area contributed by atoms with Crippen molar-refractivity contribution in [1.82, 2.24) is 5.32 Å². The molecule has 0 radical (unpaired) electrons. The van der Waals surface area contributed by atoms with Gasteiger partial charge in [0.2, 0.25) is 0 Å². The molecule has 2 atom stereocenters. The minimum atomic E-state index is 0.0408. The Morgan fingerprint density at radius 3 is 2.85 bits per heavy atom. The quantitative estimate of drug-likeness (QED) is 0.820. The third-order valence-corrected chi connectivity index (χ3v) is 4.85. The monoisotopic (exact) mass is 292 g/mol.